The number of carbonyl (C=O) groups excluding carboxylic acids is 1. The van der Waals surface area contributed by atoms with Gasteiger partial charge in [0.1, 0.15) is 0 Å². The lowest BCUT2D eigenvalue weighted by Gasteiger charge is -2.35. The molecule has 1 aliphatic heterocycles. The molecule has 138 valence electrons. The highest BCUT2D eigenvalue weighted by Crippen LogP contribution is 2.24. The van der Waals surface area contributed by atoms with Crippen molar-refractivity contribution in [3.05, 3.63) is 70.7 Å². The molecule has 0 radical (unpaired) electrons. The highest BCUT2D eigenvalue weighted by molar-refractivity contribution is 6.30. The molecular weight excluding hydrogens is 348 g/mol. The standard InChI is InChI=1S/C21H25ClN2O2/c1-15-13-24(14-16(2)26-15)20(25)12-23-21(17-7-4-3-5-8-17)18-9-6-10-19(22)11-18/h3-11,15-16,21,23H,12-14H2,1-2H3. The van der Waals surface area contributed by atoms with Gasteiger partial charge in [0.15, 0.2) is 0 Å². The second-order valence-electron chi connectivity index (χ2n) is 6.84. The number of morpholine rings is 1. The Balaban J connectivity index is 1.73. The Morgan fingerprint density at radius 3 is 2.42 bits per heavy atom. The van der Waals surface area contributed by atoms with E-state index in [0.717, 1.165) is 11.1 Å². The molecule has 0 spiro atoms. The first-order valence-corrected chi connectivity index (χ1v) is 9.37. The molecule has 0 bridgehead atoms. The second-order valence-corrected chi connectivity index (χ2v) is 7.27. The molecule has 3 rings (SSSR count). The topological polar surface area (TPSA) is 41.6 Å². The van der Waals surface area contributed by atoms with E-state index >= 15 is 0 Å². The Kier molecular flexibility index (Phi) is 6.30. The van der Waals surface area contributed by atoms with E-state index in [1.807, 2.05) is 61.2 Å². The van der Waals surface area contributed by atoms with Crippen LogP contribution < -0.4 is 5.32 Å². The van der Waals surface area contributed by atoms with Crippen molar-refractivity contribution in [3.63, 3.8) is 0 Å². The van der Waals surface area contributed by atoms with Gasteiger partial charge in [-0.25, -0.2) is 0 Å². The number of amides is 1. The van der Waals surface area contributed by atoms with Gasteiger partial charge in [-0.3, -0.25) is 10.1 Å². The molecule has 3 unspecified atom stereocenters. The van der Waals surface area contributed by atoms with Crippen LogP contribution in [0.4, 0.5) is 0 Å². The maximum Gasteiger partial charge on any atom is 0.236 e. The lowest BCUT2D eigenvalue weighted by molar-refractivity contribution is -0.142. The van der Waals surface area contributed by atoms with Gasteiger partial charge in [0.05, 0.1) is 24.8 Å². The van der Waals surface area contributed by atoms with E-state index in [4.69, 9.17) is 16.3 Å². The van der Waals surface area contributed by atoms with Crippen LogP contribution in [0.2, 0.25) is 5.02 Å². The molecule has 0 saturated carbocycles. The largest absolute Gasteiger partial charge is 0.372 e. The van der Waals surface area contributed by atoms with E-state index in [1.54, 1.807) is 0 Å². The van der Waals surface area contributed by atoms with E-state index in [-0.39, 0.29) is 30.7 Å². The van der Waals surface area contributed by atoms with Crippen molar-refractivity contribution in [2.24, 2.45) is 0 Å². The first-order valence-electron chi connectivity index (χ1n) is 9.00. The minimum absolute atomic E-state index is 0.0700. The number of rotatable bonds is 5. The van der Waals surface area contributed by atoms with Crippen molar-refractivity contribution in [1.29, 1.82) is 0 Å². The van der Waals surface area contributed by atoms with Crippen LogP contribution in [0, 0.1) is 0 Å². The van der Waals surface area contributed by atoms with Crippen LogP contribution in [0.3, 0.4) is 0 Å². The normalized spacial score (nSPS) is 21.4. The smallest absolute Gasteiger partial charge is 0.236 e. The molecule has 1 heterocycles. The zero-order valence-electron chi connectivity index (χ0n) is 15.2. The monoisotopic (exact) mass is 372 g/mol. The molecule has 1 fully saturated rings. The van der Waals surface area contributed by atoms with Crippen LogP contribution in [0.5, 0.6) is 0 Å². The third-order valence-electron chi connectivity index (χ3n) is 4.54. The summed E-state index contributed by atoms with van der Waals surface area (Å²) in [7, 11) is 0. The van der Waals surface area contributed by atoms with Crippen LogP contribution in [-0.4, -0.2) is 42.6 Å². The lowest BCUT2D eigenvalue weighted by Crippen LogP contribution is -2.50. The number of benzene rings is 2. The minimum atomic E-state index is -0.0882. The summed E-state index contributed by atoms with van der Waals surface area (Å²) in [5.41, 5.74) is 2.14. The first-order chi connectivity index (χ1) is 12.5. The van der Waals surface area contributed by atoms with Crippen molar-refractivity contribution in [2.45, 2.75) is 32.1 Å². The van der Waals surface area contributed by atoms with Crippen molar-refractivity contribution in [1.82, 2.24) is 10.2 Å². The highest BCUT2D eigenvalue weighted by Gasteiger charge is 2.26. The Morgan fingerprint density at radius 1 is 1.12 bits per heavy atom. The molecule has 4 nitrogen and oxygen atoms in total. The maximum absolute atomic E-state index is 12.7. The quantitative estimate of drug-likeness (QED) is 0.870. The van der Waals surface area contributed by atoms with Crippen molar-refractivity contribution >= 4 is 17.5 Å². The number of hydrogen-bond acceptors (Lipinski definition) is 3. The summed E-state index contributed by atoms with van der Waals surface area (Å²) in [5.74, 6) is 0.0926. The summed E-state index contributed by atoms with van der Waals surface area (Å²) < 4.78 is 5.71. The molecule has 0 aliphatic carbocycles. The zero-order chi connectivity index (χ0) is 18.5. The van der Waals surface area contributed by atoms with Crippen molar-refractivity contribution < 1.29 is 9.53 Å². The summed E-state index contributed by atoms with van der Waals surface area (Å²) in [4.78, 5) is 14.6. The molecule has 2 aromatic rings. The van der Waals surface area contributed by atoms with E-state index in [2.05, 4.69) is 17.4 Å². The van der Waals surface area contributed by atoms with E-state index in [9.17, 15) is 4.79 Å². The molecule has 5 heteroatoms. The van der Waals surface area contributed by atoms with E-state index in [0.29, 0.717) is 18.1 Å². The zero-order valence-corrected chi connectivity index (χ0v) is 15.9. The van der Waals surface area contributed by atoms with Gasteiger partial charge in [0.2, 0.25) is 5.91 Å². The Hall–Kier alpha value is -1.88. The summed E-state index contributed by atoms with van der Waals surface area (Å²) in [6, 6.07) is 17.8. The number of carbonyl (C=O) groups is 1. The van der Waals surface area contributed by atoms with Gasteiger partial charge in [-0.2, -0.15) is 0 Å². The van der Waals surface area contributed by atoms with E-state index < -0.39 is 0 Å². The fourth-order valence-electron chi connectivity index (χ4n) is 3.44. The molecule has 1 amide bonds. The van der Waals surface area contributed by atoms with Gasteiger partial charge in [-0.15, -0.1) is 0 Å². The van der Waals surface area contributed by atoms with Gasteiger partial charge in [-0.05, 0) is 37.1 Å². The summed E-state index contributed by atoms with van der Waals surface area (Å²) >= 11 is 6.18. The third kappa shape index (κ3) is 4.85. The summed E-state index contributed by atoms with van der Waals surface area (Å²) in [6.45, 7) is 5.55. The van der Waals surface area contributed by atoms with Gasteiger partial charge in [0, 0.05) is 18.1 Å². The molecule has 26 heavy (non-hydrogen) atoms. The predicted molar refractivity (Wildman–Crippen MR) is 104 cm³/mol. The maximum atomic E-state index is 12.7. The first kappa shape index (κ1) is 18.9. The summed E-state index contributed by atoms with van der Waals surface area (Å²) in [6.07, 6.45) is 0.140. The predicted octanol–water partition coefficient (Wildman–Crippen LogP) is 3.65. The molecule has 1 saturated heterocycles. The summed E-state index contributed by atoms with van der Waals surface area (Å²) in [5, 5.41) is 4.10. The third-order valence-corrected chi connectivity index (χ3v) is 4.78. The molecular formula is C21H25ClN2O2. The fraction of sp³-hybridized carbons (Fsp3) is 0.381. The molecule has 2 aromatic carbocycles. The van der Waals surface area contributed by atoms with Gasteiger partial charge in [-0.1, -0.05) is 54.1 Å². The lowest BCUT2D eigenvalue weighted by atomic mass is 9.98. The minimum Gasteiger partial charge on any atom is -0.372 e. The number of hydrogen-bond donors (Lipinski definition) is 1. The molecule has 1 N–H and O–H groups in total. The average molecular weight is 373 g/mol. The second kappa shape index (κ2) is 8.67. The van der Waals surface area contributed by atoms with Crippen LogP contribution in [0.1, 0.15) is 31.0 Å². The number of nitrogens with one attached hydrogen (secondary N) is 1. The van der Waals surface area contributed by atoms with Crippen LogP contribution >= 0.6 is 11.6 Å². The highest BCUT2D eigenvalue weighted by atomic mass is 35.5. The Morgan fingerprint density at radius 2 is 1.77 bits per heavy atom. The van der Waals surface area contributed by atoms with Crippen LogP contribution in [-0.2, 0) is 9.53 Å². The molecule has 0 aromatic heterocycles. The van der Waals surface area contributed by atoms with Gasteiger partial charge < -0.3 is 9.64 Å². The van der Waals surface area contributed by atoms with Gasteiger partial charge >= 0.3 is 0 Å². The van der Waals surface area contributed by atoms with E-state index in [1.165, 1.54) is 0 Å². The van der Waals surface area contributed by atoms with Crippen molar-refractivity contribution in [2.75, 3.05) is 19.6 Å². The fourth-order valence-corrected chi connectivity index (χ4v) is 3.64. The molecule has 3 atom stereocenters. The molecule has 1 aliphatic rings. The number of nitrogens with zero attached hydrogens (tertiary/aromatic N) is 1. The number of ether oxygens (including phenoxy) is 1. The Labute approximate surface area is 160 Å². The SMILES string of the molecule is CC1CN(C(=O)CNC(c2ccccc2)c2cccc(Cl)c2)CC(C)O1. The van der Waals surface area contributed by atoms with Crippen molar-refractivity contribution in [3.8, 4) is 0 Å². The average Bonchev–Trinajstić information content (AvgIpc) is 2.62. The van der Waals surface area contributed by atoms with Crippen LogP contribution in [0.15, 0.2) is 54.6 Å². The van der Waals surface area contributed by atoms with Crippen LogP contribution in [0.25, 0.3) is 0 Å². The Bertz CT molecular complexity index is 728. The van der Waals surface area contributed by atoms with Gasteiger partial charge in [0.25, 0.3) is 0 Å². The number of halogens is 1.